The van der Waals surface area contributed by atoms with Crippen molar-refractivity contribution in [1.29, 1.82) is 5.41 Å². The number of halogens is 1. The van der Waals surface area contributed by atoms with Gasteiger partial charge in [-0.25, -0.2) is 0 Å². The summed E-state index contributed by atoms with van der Waals surface area (Å²) < 4.78 is 0. The summed E-state index contributed by atoms with van der Waals surface area (Å²) in [5.74, 6) is -0.583. The maximum atomic E-state index is 10.4. The van der Waals surface area contributed by atoms with Crippen molar-refractivity contribution in [1.82, 2.24) is 5.32 Å². The minimum Gasteiger partial charge on any atom is -0.370 e. The molecule has 78 valence electrons. The van der Waals surface area contributed by atoms with Crippen LogP contribution in [0.4, 0.5) is 0 Å². The number of primary amides is 1. The number of hydrogen-bond acceptors (Lipinski definition) is 3. The Bertz CT molecular complexity index is 174. The smallest absolute Gasteiger partial charge is 0.234 e. The van der Waals surface area contributed by atoms with E-state index in [4.69, 9.17) is 22.6 Å². The largest absolute Gasteiger partial charge is 0.370 e. The molecule has 7 heteroatoms. The van der Waals surface area contributed by atoms with Crippen LogP contribution in [-0.2, 0) is 4.79 Å². The van der Waals surface area contributed by atoms with Crippen molar-refractivity contribution in [2.24, 2.45) is 17.2 Å². The molecule has 0 aliphatic rings. The fourth-order valence-corrected chi connectivity index (χ4v) is 0.687. The van der Waals surface area contributed by atoms with E-state index in [2.05, 4.69) is 5.32 Å². The molecule has 0 saturated heterocycles. The van der Waals surface area contributed by atoms with E-state index in [1.54, 1.807) is 0 Å². The van der Waals surface area contributed by atoms with Gasteiger partial charge >= 0.3 is 0 Å². The number of guanidine groups is 1. The van der Waals surface area contributed by atoms with Crippen LogP contribution in [0.2, 0.25) is 0 Å². The summed E-state index contributed by atoms with van der Waals surface area (Å²) in [5, 5.41) is 9.40. The molecule has 0 radical (unpaired) electrons. The maximum absolute atomic E-state index is 10.4. The highest BCUT2D eigenvalue weighted by molar-refractivity contribution is 5.85. The van der Waals surface area contributed by atoms with Gasteiger partial charge < -0.3 is 22.5 Å². The molecule has 0 aliphatic heterocycles. The fraction of sp³-hybridized carbons (Fsp3) is 0.667. The second kappa shape index (κ2) is 7.63. The van der Waals surface area contributed by atoms with Crippen molar-refractivity contribution in [3.8, 4) is 0 Å². The Labute approximate surface area is 83.1 Å². The first-order chi connectivity index (χ1) is 5.54. The third kappa shape index (κ3) is 8.90. The third-order valence-corrected chi connectivity index (χ3v) is 1.37. The van der Waals surface area contributed by atoms with Gasteiger partial charge in [0.25, 0.3) is 0 Å². The molecule has 0 fully saturated rings. The number of nitrogens with two attached hydrogens (primary N) is 3. The molecule has 0 aromatic carbocycles. The average molecular weight is 210 g/mol. The van der Waals surface area contributed by atoms with Gasteiger partial charge in [-0.2, -0.15) is 0 Å². The first-order valence-electron chi connectivity index (χ1n) is 3.67. The summed E-state index contributed by atoms with van der Waals surface area (Å²) >= 11 is 0. The van der Waals surface area contributed by atoms with Crippen molar-refractivity contribution < 1.29 is 4.79 Å². The highest BCUT2D eigenvalue weighted by Crippen LogP contribution is 1.91. The van der Waals surface area contributed by atoms with Gasteiger partial charge in [-0.15, -0.1) is 12.4 Å². The van der Waals surface area contributed by atoms with Crippen LogP contribution in [-0.4, -0.2) is 24.5 Å². The topological polar surface area (TPSA) is 131 Å². The second-order valence-corrected chi connectivity index (χ2v) is 2.49. The number of nitrogens with one attached hydrogen (secondary N) is 2. The van der Waals surface area contributed by atoms with Crippen molar-refractivity contribution in [3.05, 3.63) is 0 Å². The van der Waals surface area contributed by atoms with Crippen LogP contribution in [0.5, 0.6) is 0 Å². The zero-order chi connectivity index (χ0) is 9.56. The lowest BCUT2D eigenvalue weighted by molar-refractivity contribution is -0.119. The van der Waals surface area contributed by atoms with Gasteiger partial charge in [-0.3, -0.25) is 10.2 Å². The van der Waals surface area contributed by atoms with Gasteiger partial charge in [-0.1, -0.05) is 0 Å². The molecular formula is C6H16ClN5O. The molecule has 1 amide bonds. The summed E-state index contributed by atoms with van der Waals surface area (Å²) in [6, 6.07) is -0.598. The van der Waals surface area contributed by atoms with E-state index < -0.39 is 11.9 Å². The highest BCUT2D eigenvalue weighted by atomic mass is 35.5. The van der Waals surface area contributed by atoms with Crippen molar-refractivity contribution in [2.75, 3.05) is 6.54 Å². The summed E-state index contributed by atoms with van der Waals surface area (Å²) in [6.07, 6.45) is 1.18. The van der Waals surface area contributed by atoms with Crippen LogP contribution >= 0.6 is 12.4 Å². The summed E-state index contributed by atoms with van der Waals surface area (Å²) in [4.78, 5) is 10.4. The lowest BCUT2D eigenvalue weighted by atomic mass is 10.1. The molecule has 0 aromatic heterocycles. The monoisotopic (exact) mass is 209 g/mol. The Morgan fingerprint density at radius 2 is 2.00 bits per heavy atom. The molecular weight excluding hydrogens is 194 g/mol. The molecule has 13 heavy (non-hydrogen) atoms. The zero-order valence-corrected chi connectivity index (χ0v) is 8.06. The minimum atomic E-state index is -0.598. The quantitative estimate of drug-likeness (QED) is 0.214. The van der Waals surface area contributed by atoms with Crippen molar-refractivity contribution >= 4 is 24.3 Å². The molecule has 0 saturated carbocycles. The fourth-order valence-electron chi connectivity index (χ4n) is 0.687. The van der Waals surface area contributed by atoms with E-state index in [0.29, 0.717) is 19.4 Å². The zero-order valence-electron chi connectivity index (χ0n) is 7.25. The molecule has 8 N–H and O–H groups in total. The van der Waals surface area contributed by atoms with Gasteiger partial charge in [0.15, 0.2) is 5.96 Å². The molecule has 0 heterocycles. The van der Waals surface area contributed by atoms with Crippen LogP contribution in [0.1, 0.15) is 12.8 Å². The Morgan fingerprint density at radius 3 is 2.38 bits per heavy atom. The number of amides is 1. The Kier molecular flexibility index (Phi) is 8.52. The van der Waals surface area contributed by atoms with E-state index in [0.717, 1.165) is 0 Å². The van der Waals surface area contributed by atoms with Crippen LogP contribution in [0.15, 0.2) is 0 Å². The van der Waals surface area contributed by atoms with E-state index in [9.17, 15) is 4.79 Å². The first kappa shape index (κ1) is 14.5. The maximum Gasteiger partial charge on any atom is 0.234 e. The predicted octanol–water partition coefficient (Wildman–Crippen LogP) is -1.52. The number of hydrogen-bond donors (Lipinski definition) is 5. The van der Waals surface area contributed by atoms with Gasteiger partial charge in [0.1, 0.15) is 0 Å². The molecule has 1 unspecified atom stereocenters. The molecule has 6 nitrogen and oxygen atoms in total. The molecule has 0 aliphatic carbocycles. The Hall–Kier alpha value is -1.01. The summed E-state index contributed by atoms with van der Waals surface area (Å²) in [6.45, 7) is 0.538. The van der Waals surface area contributed by atoms with E-state index in [1.807, 2.05) is 0 Å². The van der Waals surface area contributed by atoms with Crippen LogP contribution < -0.4 is 22.5 Å². The predicted molar refractivity (Wildman–Crippen MR) is 53.6 cm³/mol. The Morgan fingerprint density at radius 1 is 1.46 bits per heavy atom. The van der Waals surface area contributed by atoms with Gasteiger partial charge in [-0.05, 0) is 12.8 Å². The molecule has 1 atom stereocenters. The summed E-state index contributed by atoms with van der Waals surface area (Å²) in [7, 11) is 0. The SMILES string of the molecule is Cl.N=C(N)NCCCC(N)C(N)=O. The van der Waals surface area contributed by atoms with Crippen molar-refractivity contribution in [2.45, 2.75) is 18.9 Å². The average Bonchev–Trinajstić information content (AvgIpc) is 1.97. The van der Waals surface area contributed by atoms with E-state index in [1.165, 1.54) is 0 Å². The Balaban J connectivity index is 0. The number of rotatable bonds is 5. The summed E-state index contributed by atoms with van der Waals surface area (Å²) in [5.41, 5.74) is 15.3. The first-order valence-corrected chi connectivity index (χ1v) is 3.67. The highest BCUT2D eigenvalue weighted by Gasteiger charge is 2.07. The van der Waals surface area contributed by atoms with Crippen molar-refractivity contribution in [3.63, 3.8) is 0 Å². The van der Waals surface area contributed by atoms with Gasteiger partial charge in [0, 0.05) is 6.54 Å². The minimum absolute atomic E-state index is 0. The lowest BCUT2D eigenvalue weighted by Gasteiger charge is -2.07. The number of carbonyl (C=O) groups is 1. The molecule has 0 aromatic rings. The second-order valence-electron chi connectivity index (χ2n) is 2.49. The number of carbonyl (C=O) groups excluding carboxylic acids is 1. The molecule has 0 bridgehead atoms. The van der Waals surface area contributed by atoms with E-state index in [-0.39, 0.29) is 18.4 Å². The van der Waals surface area contributed by atoms with Gasteiger partial charge in [0.2, 0.25) is 5.91 Å². The van der Waals surface area contributed by atoms with Crippen LogP contribution in [0.3, 0.4) is 0 Å². The van der Waals surface area contributed by atoms with E-state index >= 15 is 0 Å². The molecule has 0 rings (SSSR count). The van der Waals surface area contributed by atoms with Gasteiger partial charge in [0.05, 0.1) is 6.04 Å². The van der Waals surface area contributed by atoms with Crippen LogP contribution in [0.25, 0.3) is 0 Å². The van der Waals surface area contributed by atoms with Crippen LogP contribution in [0, 0.1) is 5.41 Å². The lowest BCUT2D eigenvalue weighted by Crippen LogP contribution is -2.37. The third-order valence-electron chi connectivity index (χ3n) is 1.37. The molecule has 0 spiro atoms. The standard InChI is InChI=1S/C6H15N5O.ClH/c7-4(5(8)12)2-1-3-11-6(9)10;/h4H,1-3,7H2,(H2,8,12)(H4,9,10,11);1H. The normalized spacial score (nSPS) is 11.2.